The first-order valence-corrected chi connectivity index (χ1v) is 9.19. The summed E-state index contributed by atoms with van der Waals surface area (Å²) < 4.78 is 16.4. The molecule has 8 heteroatoms. The standard InChI is InChI=1S/C20H23ClN2O4.ClH/c1-25-19-11-18(22)17(21)10-16(19)20(24)23-14-2-4-15(5-3-14)27-12-13-6-8-26-9-7-13;/h2-5,10-11,13H,6-9,12,22H2,1H3,(H,23,24);1H. The molecule has 1 aliphatic rings. The fourth-order valence-corrected chi connectivity index (χ4v) is 3.04. The molecule has 3 rings (SSSR count). The van der Waals surface area contributed by atoms with E-state index in [9.17, 15) is 4.79 Å². The summed E-state index contributed by atoms with van der Waals surface area (Å²) in [6.07, 6.45) is 2.06. The predicted molar refractivity (Wildman–Crippen MR) is 113 cm³/mol. The summed E-state index contributed by atoms with van der Waals surface area (Å²) in [5.74, 6) is 1.34. The Morgan fingerprint density at radius 3 is 2.57 bits per heavy atom. The Balaban J connectivity index is 0.00000280. The third-order valence-corrected chi connectivity index (χ3v) is 4.83. The molecule has 1 amide bonds. The van der Waals surface area contributed by atoms with Gasteiger partial charge < -0.3 is 25.3 Å². The van der Waals surface area contributed by atoms with Crippen LogP contribution in [0.15, 0.2) is 36.4 Å². The number of hydrogen-bond donors (Lipinski definition) is 2. The van der Waals surface area contributed by atoms with Gasteiger partial charge in [0, 0.05) is 25.0 Å². The van der Waals surface area contributed by atoms with Gasteiger partial charge in [-0.2, -0.15) is 0 Å². The maximum absolute atomic E-state index is 12.5. The Morgan fingerprint density at radius 2 is 1.93 bits per heavy atom. The number of nitrogens with one attached hydrogen (secondary N) is 1. The smallest absolute Gasteiger partial charge is 0.259 e. The minimum absolute atomic E-state index is 0. The lowest BCUT2D eigenvalue weighted by Gasteiger charge is -2.22. The van der Waals surface area contributed by atoms with E-state index in [4.69, 9.17) is 31.5 Å². The zero-order valence-corrected chi connectivity index (χ0v) is 17.1. The number of anilines is 2. The van der Waals surface area contributed by atoms with Crippen LogP contribution in [-0.2, 0) is 4.74 Å². The van der Waals surface area contributed by atoms with Crippen molar-refractivity contribution in [1.82, 2.24) is 0 Å². The first-order chi connectivity index (χ1) is 13.1. The zero-order chi connectivity index (χ0) is 19.2. The highest BCUT2D eigenvalue weighted by molar-refractivity contribution is 6.33. The molecule has 6 nitrogen and oxygen atoms in total. The van der Waals surface area contributed by atoms with Crippen molar-refractivity contribution in [2.24, 2.45) is 5.92 Å². The molecule has 3 N–H and O–H groups in total. The third-order valence-electron chi connectivity index (χ3n) is 4.50. The molecular weight excluding hydrogens is 403 g/mol. The van der Waals surface area contributed by atoms with Crippen molar-refractivity contribution in [2.75, 3.05) is 38.0 Å². The van der Waals surface area contributed by atoms with Gasteiger partial charge in [-0.05, 0) is 49.1 Å². The van der Waals surface area contributed by atoms with Gasteiger partial charge in [0.2, 0.25) is 0 Å². The summed E-state index contributed by atoms with van der Waals surface area (Å²) in [6.45, 7) is 2.28. The number of amides is 1. The minimum atomic E-state index is -0.329. The van der Waals surface area contributed by atoms with Gasteiger partial charge in [-0.25, -0.2) is 0 Å². The molecule has 0 unspecified atom stereocenters. The molecule has 0 saturated carbocycles. The molecule has 0 spiro atoms. The number of hydrogen-bond acceptors (Lipinski definition) is 5. The van der Waals surface area contributed by atoms with E-state index in [-0.39, 0.29) is 18.3 Å². The van der Waals surface area contributed by atoms with Crippen molar-refractivity contribution < 1.29 is 19.0 Å². The van der Waals surface area contributed by atoms with E-state index >= 15 is 0 Å². The minimum Gasteiger partial charge on any atom is -0.496 e. The number of benzene rings is 2. The fraction of sp³-hybridized carbons (Fsp3) is 0.350. The van der Waals surface area contributed by atoms with E-state index in [0.717, 1.165) is 31.8 Å². The highest BCUT2D eigenvalue weighted by Crippen LogP contribution is 2.29. The first-order valence-electron chi connectivity index (χ1n) is 8.82. The Bertz CT molecular complexity index is 794. The highest BCUT2D eigenvalue weighted by atomic mass is 35.5. The van der Waals surface area contributed by atoms with Crippen LogP contribution in [0.25, 0.3) is 0 Å². The summed E-state index contributed by atoms with van der Waals surface area (Å²) >= 11 is 6.02. The lowest BCUT2D eigenvalue weighted by atomic mass is 10.0. The Morgan fingerprint density at radius 1 is 1.25 bits per heavy atom. The second-order valence-corrected chi connectivity index (χ2v) is 6.83. The largest absolute Gasteiger partial charge is 0.496 e. The van der Waals surface area contributed by atoms with Crippen LogP contribution in [0, 0.1) is 5.92 Å². The van der Waals surface area contributed by atoms with Crippen LogP contribution in [0.2, 0.25) is 5.02 Å². The van der Waals surface area contributed by atoms with E-state index in [1.54, 1.807) is 12.1 Å². The van der Waals surface area contributed by atoms with Gasteiger partial charge in [0.15, 0.2) is 0 Å². The van der Waals surface area contributed by atoms with Crippen molar-refractivity contribution in [1.29, 1.82) is 0 Å². The van der Waals surface area contributed by atoms with Crippen molar-refractivity contribution >= 4 is 41.3 Å². The molecule has 1 fully saturated rings. The van der Waals surface area contributed by atoms with Crippen LogP contribution >= 0.6 is 24.0 Å². The predicted octanol–water partition coefficient (Wildman–Crippen LogP) is 4.41. The Kier molecular flexibility index (Phi) is 8.23. The van der Waals surface area contributed by atoms with Crippen LogP contribution in [0.5, 0.6) is 11.5 Å². The maximum atomic E-state index is 12.5. The van der Waals surface area contributed by atoms with Crippen molar-refractivity contribution in [2.45, 2.75) is 12.8 Å². The second-order valence-electron chi connectivity index (χ2n) is 6.42. The molecule has 0 atom stereocenters. The Labute approximate surface area is 175 Å². The van der Waals surface area contributed by atoms with Crippen LogP contribution < -0.4 is 20.5 Å². The van der Waals surface area contributed by atoms with Gasteiger partial charge in [-0.1, -0.05) is 11.6 Å². The molecule has 0 aromatic heterocycles. The fourth-order valence-electron chi connectivity index (χ4n) is 2.88. The van der Waals surface area contributed by atoms with Gasteiger partial charge in [-0.15, -0.1) is 12.4 Å². The van der Waals surface area contributed by atoms with Gasteiger partial charge in [-0.3, -0.25) is 4.79 Å². The lowest BCUT2D eigenvalue weighted by Crippen LogP contribution is -2.21. The van der Waals surface area contributed by atoms with Gasteiger partial charge >= 0.3 is 0 Å². The molecule has 0 bridgehead atoms. The monoisotopic (exact) mass is 426 g/mol. The van der Waals surface area contributed by atoms with Crippen LogP contribution in [0.4, 0.5) is 11.4 Å². The molecule has 2 aromatic carbocycles. The van der Waals surface area contributed by atoms with Crippen molar-refractivity contribution in [3.8, 4) is 11.5 Å². The maximum Gasteiger partial charge on any atom is 0.259 e. The average molecular weight is 427 g/mol. The number of methoxy groups -OCH3 is 1. The zero-order valence-electron chi connectivity index (χ0n) is 15.6. The molecular formula is C20H24Cl2N2O4. The molecule has 2 aromatic rings. The van der Waals surface area contributed by atoms with Crippen molar-refractivity contribution in [3.05, 3.63) is 47.0 Å². The summed E-state index contributed by atoms with van der Waals surface area (Å²) in [5.41, 5.74) is 7.07. The Hall–Kier alpha value is -2.15. The lowest BCUT2D eigenvalue weighted by molar-refractivity contribution is 0.0497. The van der Waals surface area contributed by atoms with Gasteiger partial charge in [0.1, 0.15) is 11.5 Å². The number of nitrogen functional groups attached to an aromatic ring is 1. The molecule has 28 heavy (non-hydrogen) atoms. The van der Waals surface area contributed by atoms with E-state index in [1.165, 1.54) is 19.2 Å². The van der Waals surface area contributed by atoms with Gasteiger partial charge in [0.05, 0.1) is 30.0 Å². The topological polar surface area (TPSA) is 82.8 Å². The number of rotatable bonds is 6. The number of ether oxygens (including phenoxy) is 3. The van der Waals surface area contributed by atoms with E-state index in [2.05, 4.69) is 5.32 Å². The second kappa shape index (κ2) is 10.4. The van der Waals surface area contributed by atoms with Gasteiger partial charge in [0.25, 0.3) is 5.91 Å². The van der Waals surface area contributed by atoms with E-state index < -0.39 is 0 Å². The average Bonchev–Trinajstić information content (AvgIpc) is 2.70. The molecule has 152 valence electrons. The molecule has 1 saturated heterocycles. The summed E-state index contributed by atoms with van der Waals surface area (Å²) in [6, 6.07) is 10.3. The highest BCUT2D eigenvalue weighted by Gasteiger charge is 2.16. The first kappa shape index (κ1) is 22.1. The SMILES string of the molecule is COc1cc(N)c(Cl)cc1C(=O)Nc1ccc(OCC2CCOCC2)cc1.Cl. The summed E-state index contributed by atoms with van der Waals surface area (Å²) in [4.78, 5) is 12.5. The molecule has 0 aliphatic carbocycles. The number of nitrogens with two attached hydrogens (primary N) is 1. The summed E-state index contributed by atoms with van der Waals surface area (Å²) in [5, 5.41) is 3.13. The van der Waals surface area contributed by atoms with Crippen LogP contribution in [0.3, 0.4) is 0 Å². The number of halogens is 2. The van der Waals surface area contributed by atoms with E-state index in [1.807, 2.05) is 12.1 Å². The number of carbonyl (C=O) groups is 1. The van der Waals surface area contributed by atoms with Crippen LogP contribution in [0.1, 0.15) is 23.2 Å². The molecule has 0 radical (unpaired) electrons. The molecule has 1 heterocycles. The number of carbonyl (C=O) groups excluding carboxylic acids is 1. The quantitative estimate of drug-likeness (QED) is 0.668. The normalized spacial score (nSPS) is 14.1. The third kappa shape index (κ3) is 5.67. The summed E-state index contributed by atoms with van der Waals surface area (Å²) in [7, 11) is 1.48. The van der Waals surface area contributed by atoms with E-state index in [0.29, 0.717) is 40.2 Å². The van der Waals surface area contributed by atoms with Crippen LogP contribution in [-0.4, -0.2) is 32.8 Å². The molecule has 1 aliphatic heterocycles. The van der Waals surface area contributed by atoms with Crippen molar-refractivity contribution in [3.63, 3.8) is 0 Å².